The molecule has 0 aliphatic carbocycles. The molecule has 0 unspecified atom stereocenters. The molecule has 12 nitrogen and oxygen atoms in total. The third-order valence-electron chi connectivity index (χ3n) is 5.86. The lowest BCUT2D eigenvalue weighted by Crippen LogP contribution is -2.31. The molecule has 12 heteroatoms. The number of ether oxygens (including phenoxy) is 2. The van der Waals surface area contributed by atoms with Crippen molar-refractivity contribution < 1.29 is 24.0 Å². The molecule has 4 rings (SSSR count). The van der Waals surface area contributed by atoms with E-state index in [4.69, 9.17) is 9.47 Å². The number of non-ortho nitro benzene ring substituents is 1. The van der Waals surface area contributed by atoms with Crippen LogP contribution in [0.15, 0.2) is 47.4 Å². The van der Waals surface area contributed by atoms with Crippen LogP contribution in [-0.4, -0.2) is 50.3 Å². The molecular formula is C27H29N5O7. The molecule has 0 saturated heterocycles. The molecule has 39 heavy (non-hydrogen) atoms. The zero-order chi connectivity index (χ0) is 28.5. The minimum atomic E-state index is -0.805. The third kappa shape index (κ3) is 5.59. The van der Waals surface area contributed by atoms with Gasteiger partial charge in [0.05, 0.1) is 34.1 Å². The van der Waals surface area contributed by atoms with Crippen LogP contribution in [0, 0.1) is 10.1 Å². The molecule has 0 radical (unpaired) electrons. The van der Waals surface area contributed by atoms with Gasteiger partial charge >= 0.3 is 11.9 Å². The van der Waals surface area contributed by atoms with E-state index in [0.717, 1.165) is 11.0 Å². The van der Waals surface area contributed by atoms with E-state index in [-0.39, 0.29) is 28.0 Å². The first-order chi connectivity index (χ1) is 18.4. The number of nitrogens with zero attached hydrogens (tertiary/aromatic N) is 4. The van der Waals surface area contributed by atoms with Crippen molar-refractivity contribution in [2.75, 3.05) is 19.1 Å². The largest absolute Gasteiger partial charge is 0.465 e. The summed E-state index contributed by atoms with van der Waals surface area (Å²) in [7, 11) is 1.28. The van der Waals surface area contributed by atoms with Gasteiger partial charge in [-0.3, -0.25) is 28.9 Å². The Bertz CT molecular complexity index is 1660. The summed E-state index contributed by atoms with van der Waals surface area (Å²) >= 11 is 0. The minimum absolute atomic E-state index is 0.00368. The Morgan fingerprint density at radius 3 is 2.51 bits per heavy atom. The molecule has 2 heterocycles. The lowest BCUT2D eigenvalue weighted by atomic mass is 10.1. The molecule has 0 fully saturated rings. The van der Waals surface area contributed by atoms with Crippen LogP contribution in [-0.2, 0) is 20.8 Å². The second-order valence-corrected chi connectivity index (χ2v) is 9.91. The van der Waals surface area contributed by atoms with Crippen molar-refractivity contribution in [2.45, 2.75) is 46.3 Å². The molecule has 0 amide bonds. The molecule has 204 valence electrons. The Morgan fingerprint density at radius 1 is 1.13 bits per heavy atom. The van der Waals surface area contributed by atoms with E-state index in [2.05, 4.69) is 10.4 Å². The second-order valence-electron chi connectivity index (χ2n) is 9.91. The lowest BCUT2D eigenvalue weighted by molar-refractivity contribution is -0.384. The van der Waals surface area contributed by atoms with E-state index in [1.54, 1.807) is 49.8 Å². The number of methoxy groups -OCH3 is 1. The number of nitro benzene ring substituents is 1. The fourth-order valence-electron chi connectivity index (χ4n) is 4.20. The summed E-state index contributed by atoms with van der Waals surface area (Å²) in [5.74, 6) is -1.23. The highest BCUT2D eigenvalue weighted by Gasteiger charge is 2.23. The van der Waals surface area contributed by atoms with E-state index < -0.39 is 34.6 Å². The molecule has 0 bridgehead atoms. The predicted octanol–water partition coefficient (Wildman–Crippen LogP) is 4.01. The molecule has 2 aromatic carbocycles. The standard InChI is InChI=1S/C27H29N5O7/c1-6-11-28-31-14-19(18-12-16(26(35)38-5)7-10-21(18)31)24-25(34)30(15-23(33)39-27(2,3)4)22-13-17(32(36)37)8-9-20(22)29-24/h7-10,12-14,28H,6,11,15H2,1-5H3. The smallest absolute Gasteiger partial charge is 0.337 e. The van der Waals surface area contributed by atoms with Crippen molar-refractivity contribution in [3.63, 3.8) is 0 Å². The molecular weight excluding hydrogens is 506 g/mol. The van der Waals surface area contributed by atoms with Crippen LogP contribution >= 0.6 is 0 Å². The van der Waals surface area contributed by atoms with E-state index >= 15 is 0 Å². The van der Waals surface area contributed by atoms with Crippen molar-refractivity contribution in [1.82, 2.24) is 14.2 Å². The highest BCUT2D eigenvalue weighted by Crippen LogP contribution is 2.30. The van der Waals surface area contributed by atoms with Gasteiger partial charge in [0, 0.05) is 35.8 Å². The summed E-state index contributed by atoms with van der Waals surface area (Å²) in [6, 6.07) is 8.88. The summed E-state index contributed by atoms with van der Waals surface area (Å²) in [6.07, 6.45) is 2.53. The van der Waals surface area contributed by atoms with Crippen LogP contribution < -0.4 is 11.0 Å². The van der Waals surface area contributed by atoms with Gasteiger partial charge in [-0.2, -0.15) is 0 Å². The second kappa shape index (κ2) is 10.6. The number of carbonyl (C=O) groups excluding carboxylic acids is 2. The number of nitrogens with one attached hydrogen (secondary N) is 1. The highest BCUT2D eigenvalue weighted by atomic mass is 16.6. The average Bonchev–Trinajstić information content (AvgIpc) is 3.24. The molecule has 0 aliphatic heterocycles. The van der Waals surface area contributed by atoms with Crippen LogP contribution in [0.5, 0.6) is 0 Å². The summed E-state index contributed by atoms with van der Waals surface area (Å²) in [5, 5.41) is 12.0. The quantitative estimate of drug-likeness (QED) is 0.201. The fourth-order valence-corrected chi connectivity index (χ4v) is 4.20. The Balaban J connectivity index is 2.01. The number of hydrogen-bond acceptors (Lipinski definition) is 9. The van der Waals surface area contributed by atoms with Gasteiger partial charge < -0.3 is 14.9 Å². The van der Waals surface area contributed by atoms with Gasteiger partial charge in [-0.1, -0.05) is 6.92 Å². The lowest BCUT2D eigenvalue weighted by Gasteiger charge is -2.20. The molecule has 0 saturated carbocycles. The first-order valence-corrected chi connectivity index (χ1v) is 12.3. The van der Waals surface area contributed by atoms with Gasteiger partial charge in [0.25, 0.3) is 11.2 Å². The SMILES string of the molecule is CCCNn1cc(-c2nc3ccc([N+](=O)[O-])cc3n(CC(=O)OC(C)(C)C)c2=O)c2cc(C(=O)OC)ccc21. The summed E-state index contributed by atoms with van der Waals surface area (Å²) in [4.78, 5) is 54.4. The van der Waals surface area contributed by atoms with E-state index in [1.165, 1.54) is 25.3 Å². The van der Waals surface area contributed by atoms with Crippen LogP contribution in [0.1, 0.15) is 44.5 Å². The normalized spacial score (nSPS) is 11.5. The van der Waals surface area contributed by atoms with E-state index in [9.17, 15) is 24.5 Å². The van der Waals surface area contributed by atoms with Crippen molar-refractivity contribution >= 4 is 39.6 Å². The number of esters is 2. The van der Waals surface area contributed by atoms with Gasteiger partial charge in [-0.05, 0) is 51.5 Å². The molecule has 0 aliphatic rings. The molecule has 0 spiro atoms. The topological polar surface area (TPSA) is 148 Å². The third-order valence-corrected chi connectivity index (χ3v) is 5.86. The van der Waals surface area contributed by atoms with Crippen LogP contribution in [0.3, 0.4) is 0 Å². The van der Waals surface area contributed by atoms with Crippen molar-refractivity contribution in [3.8, 4) is 11.3 Å². The Kier molecular flexibility index (Phi) is 7.39. The average molecular weight is 536 g/mol. The number of carbonyl (C=O) groups is 2. The number of hydrogen-bond donors (Lipinski definition) is 1. The zero-order valence-corrected chi connectivity index (χ0v) is 22.3. The van der Waals surface area contributed by atoms with Crippen LogP contribution in [0.2, 0.25) is 0 Å². The van der Waals surface area contributed by atoms with Crippen molar-refractivity contribution in [1.29, 1.82) is 0 Å². The number of aromatic nitrogens is 3. The number of fused-ring (bicyclic) bond motifs is 2. The fraction of sp³-hybridized carbons (Fsp3) is 0.333. The monoisotopic (exact) mass is 535 g/mol. The minimum Gasteiger partial charge on any atom is -0.465 e. The maximum atomic E-state index is 13.9. The summed E-state index contributed by atoms with van der Waals surface area (Å²) < 4.78 is 13.2. The first-order valence-electron chi connectivity index (χ1n) is 12.3. The summed E-state index contributed by atoms with van der Waals surface area (Å²) in [5.41, 5.74) is 3.32. The zero-order valence-electron chi connectivity index (χ0n) is 22.3. The van der Waals surface area contributed by atoms with Crippen LogP contribution in [0.25, 0.3) is 33.2 Å². The molecule has 2 aromatic heterocycles. The van der Waals surface area contributed by atoms with Gasteiger partial charge in [-0.15, -0.1) is 0 Å². The van der Waals surface area contributed by atoms with Gasteiger partial charge in [-0.25, -0.2) is 9.78 Å². The molecule has 4 aromatic rings. The summed E-state index contributed by atoms with van der Waals surface area (Å²) in [6.45, 7) is 7.26. The van der Waals surface area contributed by atoms with Crippen LogP contribution in [0.4, 0.5) is 5.69 Å². The van der Waals surface area contributed by atoms with E-state index in [1.807, 2.05) is 6.92 Å². The highest BCUT2D eigenvalue weighted by molar-refractivity contribution is 6.01. The number of rotatable bonds is 8. The van der Waals surface area contributed by atoms with Crippen molar-refractivity contribution in [3.05, 3.63) is 68.6 Å². The Hall–Kier alpha value is -4.74. The van der Waals surface area contributed by atoms with Gasteiger partial charge in [0.2, 0.25) is 0 Å². The predicted molar refractivity (Wildman–Crippen MR) is 145 cm³/mol. The number of benzene rings is 2. The van der Waals surface area contributed by atoms with Crippen molar-refractivity contribution in [2.24, 2.45) is 0 Å². The maximum Gasteiger partial charge on any atom is 0.337 e. The maximum absolute atomic E-state index is 13.9. The Morgan fingerprint density at radius 2 is 1.87 bits per heavy atom. The van der Waals surface area contributed by atoms with Gasteiger partial charge in [0.1, 0.15) is 17.8 Å². The molecule has 1 N–H and O–H groups in total. The van der Waals surface area contributed by atoms with Gasteiger partial charge in [0.15, 0.2) is 0 Å². The first kappa shape index (κ1) is 27.3. The van der Waals surface area contributed by atoms with E-state index in [0.29, 0.717) is 23.0 Å². The number of nitro groups is 1. The Labute approximate surface area is 223 Å². The molecule has 0 atom stereocenters.